The van der Waals surface area contributed by atoms with E-state index < -0.39 is 16.3 Å². The van der Waals surface area contributed by atoms with Crippen LogP contribution in [0.25, 0.3) is 10.8 Å². The Hall–Kier alpha value is -1.43. The fourth-order valence-corrected chi connectivity index (χ4v) is 3.03. The Morgan fingerprint density at radius 2 is 1.76 bits per heavy atom. The minimum absolute atomic E-state index is 0.177. The summed E-state index contributed by atoms with van der Waals surface area (Å²) in [5, 5.41) is 10.6. The van der Waals surface area contributed by atoms with Gasteiger partial charge in [-0.3, -0.25) is 0 Å². The highest BCUT2D eigenvalue weighted by Gasteiger charge is 2.18. The second-order valence-electron chi connectivity index (χ2n) is 3.77. The number of aliphatic hydroxyl groups excluding tert-OH is 1. The molecule has 4 nitrogen and oxygen atoms in total. The zero-order chi connectivity index (χ0) is 12.5. The summed E-state index contributed by atoms with van der Waals surface area (Å²) in [7, 11) is -3.69. The third-order valence-corrected chi connectivity index (χ3v) is 3.95. The molecule has 0 spiro atoms. The Balaban J connectivity index is 2.63. The lowest BCUT2D eigenvalue weighted by Crippen LogP contribution is -2.32. The van der Waals surface area contributed by atoms with Crippen molar-refractivity contribution in [2.24, 2.45) is 0 Å². The molecule has 2 aromatic rings. The van der Waals surface area contributed by atoms with Crippen LogP contribution in [-0.2, 0) is 10.0 Å². The maximum absolute atomic E-state index is 12.0. The lowest BCUT2D eigenvalue weighted by Gasteiger charge is -2.10. The molecule has 2 N–H and O–H groups in total. The summed E-state index contributed by atoms with van der Waals surface area (Å²) < 4.78 is 26.1. The van der Waals surface area contributed by atoms with Gasteiger partial charge in [-0.2, -0.15) is 4.72 Å². The number of nitrogens with one attached hydrogen (secondary N) is 1. The highest BCUT2D eigenvalue weighted by atomic mass is 32.2. The number of aliphatic hydroxyl groups is 1. The van der Waals surface area contributed by atoms with E-state index in [0.29, 0.717) is 5.39 Å². The minimum Gasteiger partial charge on any atom is -0.378 e. The van der Waals surface area contributed by atoms with Gasteiger partial charge in [0.2, 0.25) is 10.0 Å². The second-order valence-corrected chi connectivity index (χ2v) is 5.46. The third kappa shape index (κ3) is 2.46. The average molecular weight is 251 g/mol. The van der Waals surface area contributed by atoms with Gasteiger partial charge in [0.05, 0.1) is 4.90 Å². The van der Waals surface area contributed by atoms with Crippen molar-refractivity contribution in [2.75, 3.05) is 0 Å². The van der Waals surface area contributed by atoms with Gasteiger partial charge in [-0.1, -0.05) is 36.4 Å². The molecule has 2 rings (SSSR count). The van der Waals surface area contributed by atoms with Crippen molar-refractivity contribution in [3.05, 3.63) is 42.5 Å². The molecule has 90 valence electrons. The molecule has 0 aliphatic heterocycles. The van der Waals surface area contributed by atoms with Crippen LogP contribution < -0.4 is 4.72 Å². The highest BCUT2D eigenvalue weighted by molar-refractivity contribution is 7.89. The zero-order valence-electron chi connectivity index (χ0n) is 9.29. The minimum atomic E-state index is -3.69. The largest absolute Gasteiger partial charge is 0.378 e. The molecule has 0 aromatic heterocycles. The van der Waals surface area contributed by atoms with Gasteiger partial charge >= 0.3 is 0 Å². The molecule has 1 atom stereocenters. The number of sulfonamides is 1. The predicted octanol–water partition coefficient (Wildman–Crippen LogP) is 1.46. The highest BCUT2D eigenvalue weighted by Crippen LogP contribution is 2.22. The molecule has 0 amide bonds. The Kier molecular flexibility index (Phi) is 3.15. The van der Waals surface area contributed by atoms with E-state index in [1.54, 1.807) is 18.2 Å². The number of hydrogen-bond donors (Lipinski definition) is 2. The summed E-state index contributed by atoms with van der Waals surface area (Å²) in [6.07, 6.45) is -1.11. The smallest absolute Gasteiger partial charge is 0.243 e. The molecule has 0 saturated heterocycles. The first-order valence-corrected chi connectivity index (χ1v) is 6.67. The van der Waals surface area contributed by atoms with E-state index in [4.69, 9.17) is 5.11 Å². The first kappa shape index (κ1) is 12.0. The van der Waals surface area contributed by atoms with Crippen molar-refractivity contribution in [1.82, 2.24) is 4.72 Å². The van der Waals surface area contributed by atoms with Crippen LogP contribution in [0.3, 0.4) is 0 Å². The molecule has 0 heterocycles. The van der Waals surface area contributed by atoms with Crippen molar-refractivity contribution in [2.45, 2.75) is 18.0 Å². The maximum Gasteiger partial charge on any atom is 0.243 e. The fourth-order valence-electron chi connectivity index (χ4n) is 1.72. The zero-order valence-corrected chi connectivity index (χ0v) is 10.1. The molecule has 5 heteroatoms. The van der Waals surface area contributed by atoms with Gasteiger partial charge in [0, 0.05) is 5.39 Å². The molecule has 0 bridgehead atoms. The number of fused-ring (bicyclic) bond motifs is 1. The Labute approximate surface area is 99.9 Å². The molecule has 2 aromatic carbocycles. The van der Waals surface area contributed by atoms with Gasteiger partial charge in [-0.15, -0.1) is 0 Å². The van der Waals surface area contributed by atoms with Crippen LogP contribution in [0, 0.1) is 0 Å². The van der Waals surface area contributed by atoms with E-state index >= 15 is 0 Å². The summed E-state index contributed by atoms with van der Waals surface area (Å²) in [5.41, 5.74) is 0. The van der Waals surface area contributed by atoms with Crippen LogP contribution in [0.4, 0.5) is 0 Å². The second kappa shape index (κ2) is 4.44. The number of hydrogen-bond acceptors (Lipinski definition) is 3. The van der Waals surface area contributed by atoms with Crippen molar-refractivity contribution < 1.29 is 13.5 Å². The molecule has 0 fully saturated rings. The van der Waals surface area contributed by atoms with Gasteiger partial charge < -0.3 is 5.11 Å². The van der Waals surface area contributed by atoms with E-state index in [-0.39, 0.29) is 4.90 Å². The summed E-state index contributed by atoms with van der Waals surface area (Å²) in [4.78, 5) is 0.177. The first-order chi connectivity index (χ1) is 8.00. The maximum atomic E-state index is 12.0. The number of benzene rings is 2. The fraction of sp³-hybridized carbons (Fsp3) is 0.167. The summed E-state index contributed by atoms with van der Waals surface area (Å²) >= 11 is 0. The van der Waals surface area contributed by atoms with Crippen LogP contribution in [0.15, 0.2) is 47.4 Å². The Morgan fingerprint density at radius 3 is 2.47 bits per heavy atom. The predicted molar refractivity (Wildman–Crippen MR) is 66.0 cm³/mol. The van der Waals surface area contributed by atoms with Crippen molar-refractivity contribution in [1.29, 1.82) is 0 Å². The van der Waals surface area contributed by atoms with Crippen LogP contribution in [0.2, 0.25) is 0 Å². The Bertz CT molecular complexity index is 630. The first-order valence-electron chi connectivity index (χ1n) is 5.19. The standard InChI is InChI=1S/C12H13NO3S/c1-9(14)13-17(15,16)12-8-4-6-10-5-2-3-7-11(10)12/h2-9,13-14H,1H3. The van der Waals surface area contributed by atoms with Crippen LogP contribution in [0.1, 0.15) is 6.92 Å². The molecule has 17 heavy (non-hydrogen) atoms. The van der Waals surface area contributed by atoms with E-state index in [2.05, 4.69) is 4.72 Å². The van der Waals surface area contributed by atoms with Crippen LogP contribution in [-0.4, -0.2) is 19.8 Å². The average Bonchev–Trinajstić information content (AvgIpc) is 2.26. The summed E-state index contributed by atoms with van der Waals surface area (Å²) in [6, 6.07) is 12.3. The van der Waals surface area contributed by atoms with E-state index in [0.717, 1.165) is 5.39 Å². The Morgan fingerprint density at radius 1 is 1.12 bits per heavy atom. The molecular weight excluding hydrogens is 238 g/mol. The van der Waals surface area contributed by atoms with E-state index in [1.165, 1.54) is 13.0 Å². The van der Waals surface area contributed by atoms with Crippen LogP contribution >= 0.6 is 0 Å². The topological polar surface area (TPSA) is 66.4 Å². The summed E-state index contributed by atoms with van der Waals surface area (Å²) in [6.45, 7) is 1.36. The molecule has 0 radical (unpaired) electrons. The lowest BCUT2D eigenvalue weighted by atomic mass is 10.1. The SMILES string of the molecule is CC(O)NS(=O)(=O)c1cccc2ccccc12. The van der Waals surface area contributed by atoms with Gasteiger partial charge in [-0.25, -0.2) is 8.42 Å². The molecular formula is C12H13NO3S. The van der Waals surface area contributed by atoms with Gasteiger partial charge in [-0.05, 0) is 18.4 Å². The van der Waals surface area contributed by atoms with Crippen molar-refractivity contribution in [3.63, 3.8) is 0 Å². The van der Waals surface area contributed by atoms with Gasteiger partial charge in [0.15, 0.2) is 0 Å². The van der Waals surface area contributed by atoms with Gasteiger partial charge in [0.25, 0.3) is 0 Å². The summed E-state index contributed by atoms with van der Waals surface area (Å²) in [5.74, 6) is 0. The van der Waals surface area contributed by atoms with Crippen molar-refractivity contribution >= 4 is 20.8 Å². The van der Waals surface area contributed by atoms with E-state index in [9.17, 15) is 8.42 Å². The van der Waals surface area contributed by atoms with Crippen LogP contribution in [0.5, 0.6) is 0 Å². The monoisotopic (exact) mass is 251 g/mol. The lowest BCUT2D eigenvalue weighted by molar-refractivity contribution is 0.184. The van der Waals surface area contributed by atoms with E-state index in [1.807, 2.05) is 18.2 Å². The molecule has 0 saturated carbocycles. The van der Waals surface area contributed by atoms with Crippen molar-refractivity contribution in [3.8, 4) is 0 Å². The normalized spacial score (nSPS) is 13.8. The molecule has 0 aliphatic carbocycles. The molecule has 0 aliphatic rings. The van der Waals surface area contributed by atoms with Gasteiger partial charge in [0.1, 0.15) is 6.23 Å². The third-order valence-electron chi connectivity index (χ3n) is 2.36. The number of rotatable bonds is 3. The quantitative estimate of drug-likeness (QED) is 0.811. The molecule has 1 unspecified atom stereocenters.